The van der Waals surface area contributed by atoms with Crippen molar-refractivity contribution in [2.75, 3.05) is 6.61 Å². The van der Waals surface area contributed by atoms with Gasteiger partial charge in [-0.25, -0.2) is 0 Å². The van der Waals surface area contributed by atoms with Crippen molar-refractivity contribution in [2.24, 2.45) is 7.05 Å². The molecule has 0 aliphatic carbocycles. The zero-order chi connectivity index (χ0) is 18.3. The maximum atomic E-state index is 11.5. The lowest BCUT2D eigenvalue weighted by molar-refractivity contribution is -0.728. The summed E-state index contributed by atoms with van der Waals surface area (Å²) in [6.45, 7) is 2.22. The molecule has 1 aromatic heterocycles. The second-order valence-corrected chi connectivity index (χ2v) is 4.61. The van der Waals surface area contributed by atoms with E-state index in [4.69, 9.17) is 14.6 Å². The number of hydrogen-bond acceptors (Lipinski definition) is 5. The van der Waals surface area contributed by atoms with Crippen molar-refractivity contribution in [3.8, 4) is 0 Å². The third-order valence-electron chi connectivity index (χ3n) is 2.73. The lowest BCUT2D eigenvalue weighted by Gasteiger charge is -2.03. The number of benzene rings is 1. The molecule has 2 aromatic rings. The highest BCUT2D eigenvalue weighted by Gasteiger charge is 2.28. The highest BCUT2D eigenvalue weighted by atomic mass is 19.4. The van der Waals surface area contributed by atoms with Gasteiger partial charge < -0.3 is 14.6 Å². The van der Waals surface area contributed by atoms with Gasteiger partial charge in [0.2, 0.25) is 0 Å². The number of aliphatic carboxylic acids is 1. The predicted molar refractivity (Wildman–Crippen MR) is 74.3 cm³/mol. The summed E-state index contributed by atoms with van der Waals surface area (Å²) < 4.78 is 38.2. The van der Waals surface area contributed by atoms with Gasteiger partial charge in [-0.3, -0.25) is 4.79 Å². The molecule has 0 aliphatic rings. The molecule has 0 aliphatic heterocycles. The van der Waals surface area contributed by atoms with E-state index in [1.165, 1.54) is 0 Å². The lowest BCUT2D eigenvalue weighted by Crippen LogP contribution is -2.37. The van der Waals surface area contributed by atoms with Crippen LogP contribution in [-0.2, 0) is 27.8 Å². The van der Waals surface area contributed by atoms with Crippen LogP contribution in [0.1, 0.15) is 12.5 Å². The zero-order valence-corrected chi connectivity index (χ0v) is 13.0. The van der Waals surface area contributed by atoms with Gasteiger partial charge in [-0.2, -0.15) is 13.2 Å². The fourth-order valence-electron chi connectivity index (χ4n) is 1.83. The Hall–Kier alpha value is -2.71. The van der Waals surface area contributed by atoms with Crippen molar-refractivity contribution < 1.29 is 37.3 Å². The van der Waals surface area contributed by atoms with Gasteiger partial charge in [-0.05, 0) is 18.1 Å². The summed E-state index contributed by atoms with van der Waals surface area (Å²) in [7, 11) is 1.85. The van der Waals surface area contributed by atoms with Crippen molar-refractivity contribution in [1.82, 2.24) is 5.10 Å². The van der Waals surface area contributed by atoms with Crippen LogP contribution in [0.4, 0.5) is 13.2 Å². The minimum Gasteiger partial charge on any atom is -0.542 e. The van der Waals surface area contributed by atoms with Crippen LogP contribution in [0.25, 0.3) is 10.9 Å². The average molecular weight is 344 g/mol. The maximum Gasteiger partial charge on any atom is 0.430 e. The monoisotopic (exact) mass is 344 g/mol. The van der Waals surface area contributed by atoms with E-state index in [1.807, 2.05) is 44.4 Å². The van der Waals surface area contributed by atoms with E-state index < -0.39 is 12.1 Å². The summed E-state index contributed by atoms with van der Waals surface area (Å²) in [5.41, 5.74) is 1.83. The molecule has 2 rings (SSSR count). The van der Waals surface area contributed by atoms with Crippen molar-refractivity contribution in [1.29, 1.82) is 0 Å². The number of nitrogens with zero attached hydrogens (tertiary/aromatic N) is 2. The number of esters is 1. The van der Waals surface area contributed by atoms with Gasteiger partial charge in [0.1, 0.15) is 11.5 Å². The lowest BCUT2D eigenvalue weighted by atomic mass is 10.1. The summed E-state index contributed by atoms with van der Waals surface area (Å²) in [5, 5.41) is 14.1. The zero-order valence-electron chi connectivity index (χ0n) is 13.0. The molecule has 0 saturated heterocycles. The molecular weight excluding hydrogens is 329 g/mol. The molecule has 0 N–H and O–H groups in total. The van der Waals surface area contributed by atoms with Gasteiger partial charge in [0.25, 0.3) is 0 Å². The Bertz CT molecular complexity index is 732. The number of halogens is 3. The van der Waals surface area contributed by atoms with Gasteiger partial charge in [-0.15, -0.1) is 0 Å². The maximum absolute atomic E-state index is 11.5. The third-order valence-corrected chi connectivity index (χ3v) is 2.73. The first-order valence-electron chi connectivity index (χ1n) is 6.83. The van der Waals surface area contributed by atoms with Gasteiger partial charge in [0, 0.05) is 10.9 Å². The molecule has 24 heavy (non-hydrogen) atoms. The summed E-state index contributed by atoms with van der Waals surface area (Å²) in [6.07, 6.45) is -3.05. The van der Waals surface area contributed by atoms with E-state index in [1.54, 1.807) is 4.68 Å². The van der Waals surface area contributed by atoms with Crippen molar-refractivity contribution in [3.05, 3.63) is 36.0 Å². The molecule has 0 unspecified atom stereocenters. The number of hydrogen-bond donors (Lipinski definition) is 0. The largest absolute Gasteiger partial charge is 0.542 e. The van der Waals surface area contributed by atoms with Gasteiger partial charge in [0.05, 0.1) is 13.0 Å². The second-order valence-electron chi connectivity index (χ2n) is 4.61. The highest BCUT2D eigenvalue weighted by Crippen LogP contribution is 2.15. The number of aromatic nitrogens is 2. The number of fused-ring (bicyclic) bond motifs is 1. The number of carboxylic acid groups (broad SMARTS) is 1. The number of carbonyl (C=O) groups is 2. The summed E-state index contributed by atoms with van der Waals surface area (Å²) >= 11 is 0. The second kappa shape index (κ2) is 8.23. The topological polar surface area (TPSA) is 83.2 Å². The van der Waals surface area contributed by atoms with Crippen LogP contribution in [0.3, 0.4) is 0 Å². The molecule has 0 saturated carbocycles. The van der Waals surface area contributed by atoms with Crippen LogP contribution in [-0.4, -0.2) is 29.8 Å². The normalized spacial score (nSPS) is 10.7. The Morgan fingerprint density at radius 3 is 2.42 bits per heavy atom. The van der Waals surface area contributed by atoms with E-state index in [0.29, 0.717) is 6.61 Å². The molecule has 0 radical (unpaired) electrons. The number of rotatable bonds is 3. The minimum atomic E-state index is -5.19. The third kappa shape index (κ3) is 5.82. The van der Waals surface area contributed by atoms with Crippen LogP contribution in [0.5, 0.6) is 0 Å². The number of carbonyl (C=O) groups excluding carboxylic acids is 2. The van der Waals surface area contributed by atoms with E-state index >= 15 is 0 Å². The predicted octanol–water partition coefficient (Wildman–Crippen LogP) is 0.463. The molecular formula is C15H15F3N2O4. The summed E-state index contributed by atoms with van der Waals surface area (Å²) in [5.74, 6) is -3.21. The van der Waals surface area contributed by atoms with E-state index in [9.17, 15) is 18.0 Å². The van der Waals surface area contributed by atoms with Crippen molar-refractivity contribution in [2.45, 2.75) is 19.5 Å². The quantitative estimate of drug-likeness (QED) is 0.597. The van der Waals surface area contributed by atoms with Gasteiger partial charge in [-0.1, -0.05) is 22.9 Å². The number of carboxylic acids is 1. The Kier molecular flexibility index (Phi) is 6.63. The smallest absolute Gasteiger partial charge is 0.430 e. The van der Waals surface area contributed by atoms with Crippen LogP contribution in [0.15, 0.2) is 30.5 Å². The molecule has 1 heterocycles. The first-order chi connectivity index (χ1) is 11.1. The van der Waals surface area contributed by atoms with Gasteiger partial charge in [0.15, 0.2) is 13.2 Å². The first kappa shape index (κ1) is 19.3. The Morgan fingerprint density at radius 2 is 1.88 bits per heavy atom. The Balaban J connectivity index is 0.000000351. The Morgan fingerprint density at radius 1 is 1.29 bits per heavy atom. The summed E-state index contributed by atoms with van der Waals surface area (Å²) in [4.78, 5) is 20.3. The standard InChI is InChI=1S/C13H15N2O2.C2HF3O2/c1-3-17-13(16)8-10-9-15(2)14-12-7-5-4-6-11(10)12;3-2(4,5)1(6)7/h4-7,9H,3,8H2,1-2H3;(H,6,7)/q+1;/p-1. The molecule has 0 spiro atoms. The van der Waals surface area contributed by atoms with Gasteiger partial charge >= 0.3 is 12.1 Å². The molecule has 6 nitrogen and oxygen atoms in total. The molecule has 130 valence electrons. The van der Waals surface area contributed by atoms with Crippen LogP contribution < -0.4 is 9.79 Å². The molecule has 0 atom stereocenters. The van der Waals surface area contributed by atoms with E-state index in [-0.39, 0.29) is 12.4 Å². The molecule has 0 amide bonds. The number of ether oxygens (including phenoxy) is 1. The molecule has 0 fully saturated rings. The first-order valence-corrected chi connectivity index (χ1v) is 6.83. The summed E-state index contributed by atoms with van der Waals surface area (Å²) in [6, 6.07) is 7.78. The number of aryl methyl sites for hydroxylation is 1. The molecule has 1 aromatic carbocycles. The van der Waals surface area contributed by atoms with E-state index in [2.05, 4.69) is 5.10 Å². The molecule has 0 bridgehead atoms. The number of alkyl halides is 3. The average Bonchev–Trinajstić information content (AvgIpc) is 2.47. The van der Waals surface area contributed by atoms with Crippen LogP contribution >= 0.6 is 0 Å². The van der Waals surface area contributed by atoms with Crippen molar-refractivity contribution >= 4 is 22.8 Å². The van der Waals surface area contributed by atoms with Crippen molar-refractivity contribution in [3.63, 3.8) is 0 Å². The van der Waals surface area contributed by atoms with E-state index in [0.717, 1.165) is 16.5 Å². The molecule has 9 heteroatoms. The SMILES string of the molecule is CCOC(=O)Cc1c[n+](C)nc2ccccc12.O=C([O-])C(F)(F)F. The fraction of sp³-hybridized carbons (Fsp3) is 0.333. The Labute approximate surface area is 135 Å². The fourth-order valence-corrected chi connectivity index (χ4v) is 1.83. The van der Waals surface area contributed by atoms with Crippen LogP contribution in [0.2, 0.25) is 0 Å². The highest BCUT2D eigenvalue weighted by molar-refractivity contribution is 5.85. The van der Waals surface area contributed by atoms with Crippen LogP contribution in [0, 0.1) is 0 Å². The minimum absolute atomic E-state index is 0.205.